The largest absolute Gasteiger partial charge is 1.00 e. The van der Waals surface area contributed by atoms with Crippen LogP contribution in [0.4, 0.5) is 85.5 Å². The van der Waals surface area contributed by atoms with E-state index >= 15 is 0 Å². The monoisotopic (exact) mass is 2060 g/mol. The summed E-state index contributed by atoms with van der Waals surface area (Å²) in [6, 6.07) is 26.5. The number of Topliss-reactive ketones (excluding diaryl/α,β-unsaturated/α-hetero) is 2. The molecule has 0 saturated heterocycles. The van der Waals surface area contributed by atoms with Crippen LogP contribution in [0.2, 0.25) is 0 Å². The van der Waals surface area contributed by atoms with Crippen molar-refractivity contribution in [3.63, 3.8) is 0 Å². The number of rotatable bonds is 25. The smallest absolute Gasteiger partial charge is 1.00 e. The number of methoxy groups -OCH3 is 2. The molecule has 10 aromatic rings. The van der Waals surface area contributed by atoms with Crippen LogP contribution in [0.25, 0.3) is 0 Å². The van der Waals surface area contributed by atoms with E-state index in [2.05, 4.69) is 118 Å². The molecule has 0 spiro atoms. The number of nitrogens with zero attached hydrogens (tertiary/aromatic N) is 10. The number of aromatic carboxylic acids is 1. The van der Waals surface area contributed by atoms with Crippen molar-refractivity contribution >= 4 is 134 Å². The molecular formula is C94H124BrF2K2LiN20O20. The maximum absolute atomic E-state index is 11.9. The first-order chi connectivity index (χ1) is 64.9. The molecule has 40 nitrogen and oxygen atoms in total. The standard InChI is InChI=1S/C20H26N4O3.C19H24N4O4.C18H22N4O4.C15H18N4O.C10H14BrN3O2.C9H11NO2.2CH3F.CH2O3.2K.Li.H2O.H/c1-6-17(25)14-8-7-13(2)16(9-14)22-10-15-11-23-18(12-21-15)24-19(26)27-20(3,4)5;1-12-6-7-13(17(24)26-5)8-15(12)21-9-14-10-22-16(11-20-14)23-18(25)27-19(2,3)4;1-11-5-6-12(16(23)24)7-14(11)20-8-13-9-21-15(10-19-13)22-17(25)26-18(2,3)4;1-3-14(20)11-5-4-10(2)13(6-11)18-7-12-8-19-15(16)9-17-12;1-10(2,3)16-9(15)14-8-6-12-7(4-11)5-13-8;1-6-3-4-7(5-8(6)10)9(11)12-2;2*1-2;2-1-4-3;;;;;/h7-9,11-12,22H,6,10H2,1-5H3,(H,23,24,26);6-8,10-11,21H,9H2,1-5H3,(H,22,23,25);5-7,9-10,20H,8H2,1-4H3,(H,23,24)(H,21,22,25);4-6,8-9,18H,3,7H2,1-2H3,(H2,16,19);5-6H,4H2,1-3H3,(H,13,14,15);3-5H,10H2,1-2H3;2*1H3;1,3H;;;;1H2;/q;;;;;;;;;3*+1;;-1/p-2/i;;;;;;2*1D;;;;;;. The Kier molecular flexibility index (Phi) is 63.2. The van der Waals surface area contributed by atoms with Gasteiger partial charge in [-0.1, -0.05) is 72.2 Å². The topological polar surface area (TPSA) is 586 Å². The number of aromatic nitrogens is 10. The third kappa shape index (κ3) is 55.1. The zero-order valence-corrected chi connectivity index (χ0v) is 91.2. The van der Waals surface area contributed by atoms with Crippen LogP contribution >= 0.6 is 15.9 Å². The minimum atomic E-state index is -1.00. The van der Waals surface area contributed by atoms with Crippen molar-refractivity contribution in [1.29, 1.82) is 0 Å². The van der Waals surface area contributed by atoms with Gasteiger partial charge in [0.25, 0.3) is 6.47 Å². The van der Waals surface area contributed by atoms with Crippen LogP contribution in [0.15, 0.2) is 153 Å². The van der Waals surface area contributed by atoms with Gasteiger partial charge in [0.1, 0.15) is 28.2 Å². The molecule has 46 heteroatoms. The first-order valence-electron chi connectivity index (χ1n) is 42.8. The number of carbonyl (C=O) groups excluding carboxylic acids is 9. The van der Waals surface area contributed by atoms with E-state index in [0.29, 0.717) is 113 Å². The van der Waals surface area contributed by atoms with Gasteiger partial charge in [0.05, 0.1) is 165 Å². The Morgan fingerprint density at radius 3 is 0.893 bits per heavy atom. The number of hydrogen-bond donors (Lipinski definition) is 11. The summed E-state index contributed by atoms with van der Waals surface area (Å²) in [5.74, 6) is 0.196. The van der Waals surface area contributed by atoms with E-state index in [9.17, 15) is 51.9 Å². The van der Waals surface area contributed by atoms with Gasteiger partial charge in [-0.05, 0) is 194 Å². The van der Waals surface area contributed by atoms with Gasteiger partial charge in [0.2, 0.25) is 0 Å². The second kappa shape index (κ2) is 68.8. The molecule has 5 aromatic carbocycles. The number of benzene rings is 5. The summed E-state index contributed by atoms with van der Waals surface area (Å²) in [5.41, 5.74) is 23.9. The van der Waals surface area contributed by atoms with Gasteiger partial charge >= 0.3 is 164 Å². The summed E-state index contributed by atoms with van der Waals surface area (Å²) in [7, 11) is 0.691. The summed E-state index contributed by atoms with van der Waals surface area (Å²) in [6.45, 7) is 36.4. The zero-order chi connectivity index (χ0) is 104. The Hall–Kier alpha value is -11.3. The Morgan fingerprint density at radius 1 is 0.421 bits per heavy atom. The number of carboxylic acid groups (broad SMARTS) is 1. The number of esters is 2. The number of alkyl halides is 3. The molecule has 0 saturated carbocycles. The second-order valence-electron chi connectivity index (χ2n) is 32.3. The molecule has 5 aromatic heterocycles. The number of ketones is 2. The number of anilines is 10. The summed E-state index contributed by atoms with van der Waals surface area (Å²) in [6.07, 6.45) is 13.9. The third-order valence-electron chi connectivity index (χ3n) is 16.7. The van der Waals surface area contributed by atoms with Gasteiger partial charge < -0.3 is 83.3 Å². The number of nitrogen functional groups attached to an aromatic ring is 2. The SMILES string of the molecule is CC(C)(C)OC(=O)Nc1cnc(CBr)cn1.CCC(=O)c1ccc(C)c(NCc2cnc(N)cn2)c1.CCC(=O)c1ccc(C)c(NCc2cnc(NC(=O)OC(C)(C)C)cn2)c1.COC(=O)c1ccc(C)c(N)c1.COC(=O)c1ccc(C)c(NCc2cnc(NC(=O)OC(C)(C)C)cn2)c1.Cc1ccc(C(=O)O)cc1NCc1cnc(NC(=O)OC(C)(C)C)cn1.O=CO[O-].[2H]CF.[2H]CF.[H-].[K+].[K+].[Li+].[OH-]. The van der Waals surface area contributed by atoms with Crippen LogP contribution in [0.5, 0.6) is 0 Å². The van der Waals surface area contributed by atoms with Crippen LogP contribution < -0.4 is 181 Å². The van der Waals surface area contributed by atoms with E-state index in [0.717, 1.165) is 61.8 Å². The number of ether oxygens (including phenoxy) is 6. The molecule has 4 amide bonds. The molecule has 0 radical (unpaired) electrons. The fraction of sp³-hybridized carbons (Fsp3) is 0.362. The van der Waals surface area contributed by atoms with Crippen molar-refractivity contribution in [1.82, 2.24) is 49.8 Å². The molecule has 0 unspecified atom stereocenters. The Morgan fingerprint density at radius 2 is 0.664 bits per heavy atom. The predicted molar refractivity (Wildman–Crippen MR) is 519 cm³/mol. The van der Waals surface area contributed by atoms with Crippen molar-refractivity contribution in [3.8, 4) is 0 Å². The van der Waals surface area contributed by atoms with E-state index in [4.69, 9.17) is 53.1 Å². The van der Waals surface area contributed by atoms with Crippen LogP contribution in [0, 0.1) is 34.6 Å². The number of halogens is 3. The molecule has 744 valence electrons. The number of carboxylic acids is 1. The van der Waals surface area contributed by atoms with E-state index in [1.165, 1.54) is 51.4 Å². The minimum absolute atomic E-state index is 0. The van der Waals surface area contributed by atoms with Crippen molar-refractivity contribution < 1.29 is 232 Å². The maximum Gasteiger partial charge on any atom is 1.00 e. The second-order valence-corrected chi connectivity index (χ2v) is 32.8. The van der Waals surface area contributed by atoms with Gasteiger partial charge in [-0.15, -0.1) is 0 Å². The zero-order valence-electron chi connectivity index (χ0n) is 86.4. The van der Waals surface area contributed by atoms with Crippen molar-refractivity contribution in [2.75, 3.05) is 82.5 Å². The van der Waals surface area contributed by atoms with Crippen molar-refractivity contribution in [3.05, 3.63) is 237 Å². The van der Waals surface area contributed by atoms with Crippen LogP contribution in [0.3, 0.4) is 0 Å². The van der Waals surface area contributed by atoms with E-state index in [1.54, 1.807) is 156 Å². The van der Waals surface area contributed by atoms with Crippen LogP contribution in [-0.4, -0.2) is 172 Å². The number of amides is 4. The Labute approximate surface area is 923 Å². The number of hydrogen-bond acceptors (Lipinski definition) is 35. The first-order valence-corrected chi connectivity index (χ1v) is 42.5. The van der Waals surface area contributed by atoms with E-state index in [-0.39, 0.29) is 164 Å². The predicted octanol–water partition coefficient (Wildman–Crippen LogP) is 8.52. The molecule has 0 aliphatic carbocycles. The summed E-state index contributed by atoms with van der Waals surface area (Å²) >= 11 is 3.26. The fourth-order valence-electron chi connectivity index (χ4n) is 10.1. The van der Waals surface area contributed by atoms with Gasteiger partial charge in [-0.3, -0.25) is 69.4 Å². The van der Waals surface area contributed by atoms with Crippen molar-refractivity contribution in [2.24, 2.45) is 0 Å². The van der Waals surface area contributed by atoms with Gasteiger partial charge in [0, 0.05) is 57.7 Å². The Bertz CT molecular complexity index is 5420. The summed E-state index contributed by atoms with van der Waals surface area (Å²) in [4.78, 5) is 157. The molecule has 0 bridgehead atoms. The number of nitrogens with one attached hydrogen (secondary N) is 8. The molecular weight excluding hydrogens is 1930 g/mol. The van der Waals surface area contributed by atoms with E-state index in [1.807, 2.05) is 90.9 Å². The first kappa shape index (κ1) is 129. The molecule has 0 aliphatic heterocycles. The van der Waals surface area contributed by atoms with Crippen LogP contribution in [-0.2, 0) is 69.6 Å². The molecule has 0 aliphatic rings. The van der Waals surface area contributed by atoms with Crippen LogP contribution in [0.1, 0.15) is 222 Å². The summed E-state index contributed by atoms with van der Waals surface area (Å²) in [5, 5.41) is 41.1. The molecule has 0 fully saturated rings. The molecule has 10 rings (SSSR count). The maximum atomic E-state index is 11.9. The van der Waals surface area contributed by atoms with Gasteiger partial charge in [-0.2, -0.15) is 0 Å². The molecule has 140 heavy (non-hydrogen) atoms. The van der Waals surface area contributed by atoms with Gasteiger partial charge in [-0.25, -0.2) is 58.5 Å². The van der Waals surface area contributed by atoms with Crippen molar-refractivity contribution in [2.45, 2.75) is 198 Å². The fourth-order valence-corrected chi connectivity index (χ4v) is 10.4. The number of carbonyl (C=O) groups is 10. The third-order valence-corrected chi connectivity index (χ3v) is 17.3. The molecule has 0 atom stereocenters. The number of aryl methyl sites for hydroxylation is 5. The molecule has 14 N–H and O–H groups in total. The average Bonchev–Trinajstić information content (AvgIpc) is 0.848. The average molecular weight is 2060 g/mol. The van der Waals surface area contributed by atoms with E-state index < -0.39 is 73.0 Å². The number of nitrogens with two attached hydrogens (primary N) is 2. The molecule has 5 heterocycles. The summed E-state index contributed by atoms with van der Waals surface area (Å²) < 4.78 is 60.8. The van der Waals surface area contributed by atoms with Gasteiger partial charge in [0.15, 0.2) is 34.8 Å². The Balaban J connectivity index is -0.000000801. The normalized spacial score (nSPS) is 10.2. The quantitative estimate of drug-likeness (QED) is 0.00294. The minimum Gasteiger partial charge on any atom is -1.00 e.